The Morgan fingerprint density at radius 2 is 1.76 bits per heavy atom. The number of nitrogens with one attached hydrogen (secondary N) is 1. The monoisotopic (exact) mass is 301 g/mol. The van der Waals surface area contributed by atoms with Crippen molar-refractivity contribution in [3.8, 4) is 0 Å². The van der Waals surface area contributed by atoms with Crippen LogP contribution in [-0.2, 0) is 14.3 Å². The number of alkyl carbamates (subject to hydrolysis) is 1. The van der Waals surface area contributed by atoms with E-state index >= 15 is 0 Å². The number of carbonyl (C=O) groups is 2. The molecule has 0 aromatic heterocycles. The first-order valence-electron chi connectivity index (χ1n) is 7.44. The molecular formula is C15H27NO5. The third-order valence-corrected chi connectivity index (χ3v) is 3.40. The second kappa shape index (κ2) is 6.64. The summed E-state index contributed by atoms with van der Waals surface area (Å²) in [5.41, 5.74) is -1.90. The Morgan fingerprint density at radius 1 is 1.24 bits per heavy atom. The van der Waals surface area contributed by atoms with Gasteiger partial charge in [0.15, 0.2) is 0 Å². The van der Waals surface area contributed by atoms with E-state index in [1.54, 1.807) is 20.8 Å². The van der Waals surface area contributed by atoms with Crippen molar-refractivity contribution < 1.29 is 24.2 Å². The first-order valence-corrected chi connectivity index (χ1v) is 7.44. The van der Waals surface area contributed by atoms with E-state index in [2.05, 4.69) is 5.32 Å². The quantitative estimate of drug-likeness (QED) is 0.834. The summed E-state index contributed by atoms with van der Waals surface area (Å²) in [5, 5.41) is 12.0. The number of carboxylic acids is 1. The molecule has 0 aromatic carbocycles. The zero-order chi connectivity index (χ0) is 16.3. The van der Waals surface area contributed by atoms with E-state index in [0.29, 0.717) is 25.7 Å². The number of ether oxygens (including phenoxy) is 2. The van der Waals surface area contributed by atoms with Crippen molar-refractivity contribution in [3.05, 3.63) is 0 Å². The molecule has 1 rings (SSSR count). The minimum atomic E-state index is -1.25. The molecule has 0 radical (unpaired) electrons. The summed E-state index contributed by atoms with van der Waals surface area (Å²) in [6.45, 7) is 9.14. The Kier molecular flexibility index (Phi) is 5.61. The zero-order valence-corrected chi connectivity index (χ0v) is 13.6. The van der Waals surface area contributed by atoms with Crippen molar-refractivity contribution in [2.75, 3.05) is 0 Å². The number of hydrogen-bond donors (Lipinski definition) is 2. The average molecular weight is 301 g/mol. The summed E-state index contributed by atoms with van der Waals surface area (Å²) < 4.78 is 10.9. The van der Waals surface area contributed by atoms with Crippen LogP contribution >= 0.6 is 0 Å². The molecule has 21 heavy (non-hydrogen) atoms. The lowest BCUT2D eigenvalue weighted by Gasteiger charge is -2.38. The van der Waals surface area contributed by atoms with Crippen LogP contribution in [-0.4, -0.2) is 40.5 Å². The summed E-state index contributed by atoms with van der Waals surface area (Å²) in [5.74, 6) is -1.02. The Bertz CT molecular complexity index is 378. The average Bonchev–Trinajstić information content (AvgIpc) is 2.28. The topological polar surface area (TPSA) is 84.9 Å². The largest absolute Gasteiger partial charge is 0.480 e. The van der Waals surface area contributed by atoms with Crippen LogP contribution in [0.15, 0.2) is 0 Å². The third kappa shape index (κ3) is 5.53. The number of amides is 1. The van der Waals surface area contributed by atoms with Crippen molar-refractivity contribution in [2.45, 2.75) is 83.6 Å². The van der Waals surface area contributed by atoms with Crippen molar-refractivity contribution >= 4 is 12.1 Å². The van der Waals surface area contributed by atoms with Gasteiger partial charge in [0, 0.05) is 0 Å². The molecule has 6 heteroatoms. The molecule has 122 valence electrons. The van der Waals surface area contributed by atoms with Crippen LogP contribution in [0.25, 0.3) is 0 Å². The summed E-state index contributed by atoms with van der Waals surface area (Å²) in [6.07, 6.45) is 1.40. The molecule has 0 bridgehead atoms. The van der Waals surface area contributed by atoms with Crippen LogP contribution in [0.3, 0.4) is 0 Å². The van der Waals surface area contributed by atoms with Gasteiger partial charge in [-0.1, -0.05) is 0 Å². The van der Waals surface area contributed by atoms with E-state index in [4.69, 9.17) is 9.47 Å². The van der Waals surface area contributed by atoms with Gasteiger partial charge in [-0.2, -0.15) is 0 Å². The van der Waals surface area contributed by atoms with Gasteiger partial charge in [0.25, 0.3) is 0 Å². The van der Waals surface area contributed by atoms with E-state index in [-0.39, 0.29) is 12.2 Å². The highest BCUT2D eigenvalue weighted by Crippen LogP contribution is 2.31. The summed E-state index contributed by atoms with van der Waals surface area (Å²) in [4.78, 5) is 23.5. The highest BCUT2D eigenvalue weighted by atomic mass is 16.6. The van der Waals surface area contributed by atoms with Crippen LogP contribution in [0.1, 0.15) is 60.3 Å². The second-order valence-electron chi connectivity index (χ2n) is 6.90. The van der Waals surface area contributed by atoms with Crippen LogP contribution in [0.2, 0.25) is 0 Å². The molecule has 0 spiro atoms. The first kappa shape index (κ1) is 17.8. The maximum Gasteiger partial charge on any atom is 0.408 e. The minimum Gasteiger partial charge on any atom is -0.480 e. The fraction of sp³-hybridized carbons (Fsp3) is 0.867. The lowest BCUT2D eigenvalue weighted by molar-refractivity contribution is -0.148. The van der Waals surface area contributed by atoms with E-state index < -0.39 is 23.2 Å². The van der Waals surface area contributed by atoms with Gasteiger partial charge in [-0.05, 0) is 60.3 Å². The van der Waals surface area contributed by atoms with Gasteiger partial charge in [-0.25, -0.2) is 9.59 Å². The lowest BCUT2D eigenvalue weighted by atomic mass is 9.80. The fourth-order valence-corrected chi connectivity index (χ4v) is 2.50. The maximum absolute atomic E-state index is 11.9. The Balaban J connectivity index is 2.66. The summed E-state index contributed by atoms with van der Waals surface area (Å²) in [7, 11) is 0. The fourth-order valence-electron chi connectivity index (χ4n) is 2.50. The van der Waals surface area contributed by atoms with Gasteiger partial charge in [-0.15, -0.1) is 0 Å². The van der Waals surface area contributed by atoms with Gasteiger partial charge >= 0.3 is 12.1 Å². The van der Waals surface area contributed by atoms with Crippen molar-refractivity contribution in [3.63, 3.8) is 0 Å². The van der Waals surface area contributed by atoms with Crippen LogP contribution in [0.4, 0.5) is 4.79 Å². The standard InChI is InChI=1S/C15H27NO5/c1-10(2)20-11-6-8-15(9-7-11,12(17)18)16-13(19)21-14(3,4)5/h10-11H,6-9H2,1-5H3,(H,16,19)(H,17,18). The number of rotatable bonds is 4. The predicted octanol–water partition coefficient (Wildman–Crippen LogP) is 2.70. The van der Waals surface area contributed by atoms with Crippen molar-refractivity contribution in [1.82, 2.24) is 5.32 Å². The van der Waals surface area contributed by atoms with E-state index in [1.807, 2.05) is 13.8 Å². The number of carboxylic acid groups (broad SMARTS) is 1. The number of aliphatic carboxylic acids is 1. The molecule has 1 fully saturated rings. The maximum atomic E-state index is 11.9. The molecule has 1 aliphatic carbocycles. The molecule has 2 N–H and O–H groups in total. The number of hydrogen-bond acceptors (Lipinski definition) is 4. The van der Waals surface area contributed by atoms with Crippen LogP contribution < -0.4 is 5.32 Å². The highest BCUT2D eigenvalue weighted by molar-refractivity contribution is 5.84. The number of carbonyl (C=O) groups excluding carboxylic acids is 1. The third-order valence-electron chi connectivity index (χ3n) is 3.40. The SMILES string of the molecule is CC(C)OC1CCC(NC(=O)OC(C)(C)C)(C(=O)O)CC1. The van der Waals surface area contributed by atoms with Crippen molar-refractivity contribution in [1.29, 1.82) is 0 Å². The molecule has 0 atom stereocenters. The highest BCUT2D eigenvalue weighted by Gasteiger charge is 2.44. The Labute approximate surface area is 126 Å². The molecule has 1 saturated carbocycles. The smallest absolute Gasteiger partial charge is 0.408 e. The second-order valence-corrected chi connectivity index (χ2v) is 6.90. The molecule has 1 aliphatic rings. The van der Waals surface area contributed by atoms with E-state index in [0.717, 1.165) is 0 Å². The van der Waals surface area contributed by atoms with Crippen LogP contribution in [0, 0.1) is 0 Å². The van der Waals surface area contributed by atoms with Gasteiger partial charge in [0.05, 0.1) is 12.2 Å². The van der Waals surface area contributed by atoms with Gasteiger partial charge < -0.3 is 19.9 Å². The summed E-state index contributed by atoms with van der Waals surface area (Å²) >= 11 is 0. The molecule has 1 amide bonds. The molecule has 0 aliphatic heterocycles. The van der Waals surface area contributed by atoms with E-state index in [1.165, 1.54) is 0 Å². The van der Waals surface area contributed by atoms with Crippen LogP contribution in [0.5, 0.6) is 0 Å². The van der Waals surface area contributed by atoms with Gasteiger partial charge in [0.2, 0.25) is 0 Å². The molecule has 0 saturated heterocycles. The predicted molar refractivity (Wildman–Crippen MR) is 78.2 cm³/mol. The molecule has 0 aromatic rings. The Morgan fingerprint density at radius 3 is 2.14 bits per heavy atom. The summed E-state index contributed by atoms with van der Waals surface area (Å²) in [6, 6.07) is 0. The Hall–Kier alpha value is -1.30. The van der Waals surface area contributed by atoms with Gasteiger partial charge in [0.1, 0.15) is 11.1 Å². The zero-order valence-electron chi connectivity index (χ0n) is 13.6. The van der Waals surface area contributed by atoms with E-state index in [9.17, 15) is 14.7 Å². The molecule has 6 nitrogen and oxygen atoms in total. The lowest BCUT2D eigenvalue weighted by Crippen LogP contribution is -2.57. The molecule has 0 heterocycles. The normalized spacial score (nSPS) is 26.5. The minimum absolute atomic E-state index is 0.0536. The first-order chi connectivity index (χ1) is 9.54. The van der Waals surface area contributed by atoms with Crippen molar-refractivity contribution in [2.24, 2.45) is 0 Å². The van der Waals surface area contributed by atoms with Gasteiger partial charge in [-0.3, -0.25) is 0 Å². The molecular weight excluding hydrogens is 274 g/mol. The molecule has 0 unspecified atom stereocenters.